The Bertz CT molecular complexity index is 757. The lowest BCUT2D eigenvalue weighted by molar-refractivity contribution is -0.243. The van der Waals surface area contributed by atoms with E-state index in [2.05, 4.69) is 46.6 Å². The Hall–Kier alpha value is 3.68. The largest absolute Gasteiger partial charge is 0.394 e. The molecule has 13 nitrogen and oxygen atoms in total. The molecule has 2 N–H and O–H groups in total. The minimum absolute atomic E-state index is 0.0640. The van der Waals surface area contributed by atoms with E-state index in [-0.39, 0.29) is 39.6 Å². The van der Waals surface area contributed by atoms with Crippen molar-refractivity contribution in [1.82, 2.24) is 0 Å². The average Bonchev–Trinajstić information content (AvgIpc) is 3.22. The van der Waals surface area contributed by atoms with Gasteiger partial charge in [-0.1, -0.05) is 89.8 Å². The van der Waals surface area contributed by atoms with Gasteiger partial charge < -0.3 is 62.3 Å². The van der Waals surface area contributed by atoms with Crippen molar-refractivity contribution in [3.05, 3.63) is 0 Å². The molecule has 0 unspecified atom stereocenters. The molecule has 0 rings (SSSR count). The van der Waals surface area contributed by atoms with Gasteiger partial charge in [0, 0.05) is 75.1 Å². The molecule has 0 saturated carbocycles. The third-order valence-electron chi connectivity index (χ3n) is 7.69. The highest BCUT2D eigenvalue weighted by Gasteiger charge is 2.52. The van der Waals surface area contributed by atoms with Gasteiger partial charge in [-0.2, -0.15) is 0 Å². The summed E-state index contributed by atoms with van der Waals surface area (Å²) < 4.78 is 66.8. The molecule has 25 heteroatoms. The zero-order valence-electron chi connectivity index (χ0n) is 32.7. The number of rotatable bonds is 50. The molecule has 0 aromatic carbocycles. The second-order valence-electron chi connectivity index (χ2n) is 11.2. The maximum absolute atomic E-state index is 10.1. The minimum atomic E-state index is -1.02. The van der Waals surface area contributed by atoms with E-state index in [1.165, 1.54) is 39.3 Å². The van der Waals surface area contributed by atoms with Crippen LogP contribution < -0.4 is 0 Å². The molecule has 0 aliphatic carbocycles. The summed E-state index contributed by atoms with van der Waals surface area (Å²) in [5.74, 6) is 3.32. The van der Waals surface area contributed by atoms with E-state index in [1.807, 2.05) is 0 Å². The number of hydrogen-bond donors (Lipinski definition) is 6. The van der Waals surface area contributed by atoms with Crippen molar-refractivity contribution in [2.75, 3.05) is 168 Å². The molecule has 344 valence electrons. The van der Waals surface area contributed by atoms with Crippen molar-refractivity contribution < 1.29 is 62.3 Å². The fraction of sp³-hybridized carbons (Fsp3) is 1.00. The van der Waals surface area contributed by atoms with Gasteiger partial charge in [0.15, 0.2) is 0 Å². The molecule has 0 atom stereocenters. The monoisotopic (exact) mass is 1040 g/mol. The summed E-state index contributed by atoms with van der Waals surface area (Å²) in [5, 5.41) is 19.5. The summed E-state index contributed by atoms with van der Waals surface area (Å²) in [5.41, 5.74) is -2.02. The van der Waals surface area contributed by atoms with Crippen LogP contribution >= 0.6 is 129 Å². The summed E-state index contributed by atoms with van der Waals surface area (Å²) in [6.45, 7) is 7.59. The number of aliphatic hydroxyl groups is 2. The third kappa shape index (κ3) is 36.6. The quantitative estimate of drug-likeness (QED) is 0.0210. The number of ether oxygens (including phenoxy) is 11. The molecule has 0 aromatic heterocycles. The van der Waals surface area contributed by atoms with Gasteiger partial charge >= 0.3 is 0 Å². The molecule has 0 amide bonds. The maximum atomic E-state index is 10.1. The Morgan fingerprint density at radius 1 is 0.298 bits per heavy atom. The van der Waals surface area contributed by atoms with Gasteiger partial charge in [-0.25, -0.2) is 0 Å². The van der Waals surface area contributed by atoms with Crippen molar-refractivity contribution in [3.63, 3.8) is 0 Å². The van der Waals surface area contributed by atoms with Crippen LogP contribution in [0.25, 0.3) is 0 Å². The Labute approximate surface area is 393 Å². The predicted molar refractivity (Wildman–Crippen MR) is 264 cm³/mol. The molecule has 0 aliphatic heterocycles. The molecule has 0 saturated heterocycles. The molecular weight excluding hydrogens is 977 g/mol. The standard InChI is InChI=1S/C32H66O13S12/c33-5-11-39-21-22-45-32(3-9-37-15-19-42-25-29-52-56-48,4-10-38-16-20-43-26-30-53-57-49)31(44-12-6-34,1-7-35-13-17-40-23-27-50-54-46)2-8-36-14-18-41-24-28-51-55-47/h33-34,46-49H,1-30H2. The first-order chi connectivity index (χ1) is 28.1. The summed E-state index contributed by atoms with van der Waals surface area (Å²) in [6, 6.07) is 0. The lowest BCUT2D eigenvalue weighted by Gasteiger charge is -2.50. The summed E-state index contributed by atoms with van der Waals surface area (Å²) in [6.07, 6.45) is 1.69. The van der Waals surface area contributed by atoms with Crippen molar-refractivity contribution in [2.45, 2.75) is 36.9 Å². The van der Waals surface area contributed by atoms with E-state index in [9.17, 15) is 10.2 Å². The van der Waals surface area contributed by atoms with Gasteiger partial charge in [-0.15, -0.1) is 0 Å². The molecule has 0 spiro atoms. The van der Waals surface area contributed by atoms with Crippen LogP contribution in [0.3, 0.4) is 0 Å². The minimum Gasteiger partial charge on any atom is -0.394 e. The Morgan fingerprint density at radius 3 is 0.825 bits per heavy atom. The summed E-state index contributed by atoms with van der Waals surface area (Å²) >= 11 is 16.6. The fourth-order valence-electron chi connectivity index (χ4n) is 5.17. The van der Waals surface area contributed by atoms with Crippen LogP contribution in [0.15, 0.2) is 0 Å². The van der Waals surface area contributed by atoms with E-state index in [1.54, 1.807) is 43.2 Å². The van der Waals surface area contributed by atoms with E-state index >= 15 is 0 Å². The van der Waals surface area contributed by atoms with Gasteiger partial charge in [-0.05, 0) is 39.3 Å². The SMILES string of the molecule is OCCOCCOC(CCOCCOCCSSS)(CCOCCOCCSSS)C(CCOCCOCCSSS)(CCOCCOCCSSS)OCCO. The average molecular weight is 1040 g/mol. The van der Waals surface area contributed by atoms with Crippen LogP contribution in [0, 0.1) is 0 Å². The lowest BCUT2D eigenvalue weighted by atomic mass is 9.73. The van der Waals surface area contributed by atoms with Gasteiger partial charge in [0.1, 0.15) is 11.2 Å². The van der Waals surface area contributed by atoms with Crippen molar-refractivity contribution >= 4 is 129 Å². The normalized spacial score (nSPS) is 12.3. The first-order valence-electron chi connectivity index (χ1n) is 18.5. The molecular formula is C32H66O13S12. The molecule has 0 fully saturated rings. The van der Waals surface area contributed by atoms with Gasteiger partial charge in [0.05, 0.1) is 119 Å². The smallest absolute Gasteiger partial charge is 0.102 e. The van der Waals surface area contributed by atoms with E-state index in [0.717, 1.165) is 23.0 Å². The Morgan fingerprint density at radius 2 is 0.544 bits per heavy atom. The van der Waals surface area contributed by atoms with Gasteiger partial charge in [0.2, 0.25) is 0 Å². The van der Waals surface area contributed by atoms with Crippen molar-refractivity contribution in [1.29, 1.82) is 0 Å². The van der Waals surface area contributed by atoms with Crippen LogP contribution in [0.1, 0.15) is 25.7 Å². The van der Waals surface area contributed by atoms with E-state index < -0.39 is 11.2 Å². The van der Waals surface area contributed by atoms with Crippen LogP contribution in [0.2, 0.25) is 0 Å². The van der Waals surface area contributed by atoms with Crippen LogP contribution in [-0.4, -0.2) is 190 Å². The molecule has 0 radical (unpaired) electrons. The van der Waals surface area contributed by atoms with Crippen LogP contribution in [0.5, 0.6) is 0 Å². The maximum Gasteiger partial charge on any atom is 0.102 e. The number of hydrogen-bond acceptors (Lipinski definition) is 25. The molecule has 0 heterocycles. The highest BCUT2D eigenvalue weighted by atomic mass is 33.5. The number of thiol groups is 4. The highest BCUT2D eigenvalue weighted by Crippen LogP contribution is 2.42. The molecule has 0 bridgehead atoms. The molecule has 0 aromatic rings. The van der Waals surface area contributed by atoms with Crippen molar-refractivity contribution in [3.8, 4) is 0 Å². The van der Waals surface area contributed by atoms with Gasteiger partial charge in [-0.3, -0.25) is 0 Å². The topological polar surface area (TPSA) is 142 Å². The third-order valence-corrected chi connectivity index (χ3v) is 16.5. The second-order valence-corrected chi connectivity index (χ2v) is 24.4. The van der Waals surface area contributed by atoms with Crippen LogP contribution in [0.4, 0.5) is 0 Å². The highest BCUT2D eigenvalue weighted by molar-refractivity contribution is 9.06. The van der Waals surface area contributed by atoms with Crippen molar-refractivity contribution in [2.24, 2.45) is 0 Å². The number of aliphatic hydroxyl groups excluding tert-OH is 2. The van der Waals surface area contributed by atoms with Crippen LogP contribution in [-0.2, 0) is 52.1 Å². The molecule has 57 heavy (non-hydrogen) atoms. The summed E-state index contributed by atoms with van der Waals surface area (Å²) in [7, 11) is 12.1. The predicted octanol–water partition coefficient (Wildman–Crippen LogP) is 7.10. The van der Waals surface area contributed by atoms with E-state index in [4.69, 9.17) is 52.1 Å². The molecule has 0 aliphatic rings. The Balaban J connectivity index is 6.26. The first-order valence-corrected chi connectivity index (χ1v) is 32.0. The zero-order valence-corrected chi connectivity index (χ0v) is 42.8. The van der Waals surface area contributed by atoms with E-state index in [0.29, 0.717) is 131 Å². The first kappa shape index (κ1) is 60.7. The Kier molecular flexibility index (Phi) is 52.3. The fourth-order valence-corrected chi connectivity index (χ4v) is 10.6. The second kappa shape index (κ2) is 49.1. The lowest BCUT2D eigenvalue weighted by Crippen LogP contribution is -2.60. The van der Waals surface area contributed by atoms with Gasteiger partial charge in [0.25, 0.3) is 0 Å². The summed E-state index contributed by atoms with van der Waals surface area (Å²) in [4.78, 5) is 0. The zero-order chi connectivity index (χ0) is 41.6.